The zero-order valence-electron chi connectivity index (χ0n) is 13.7. The number of carbonyl (C=O) groups is 2. The molecule has 0 bridgehead atoms. The van der Waals surface area contributed by atoms with Gasteiger partial charge in [-0.2, -0.15) is 0 Å². The van der Waals surface area contributed by atoms with Crippen LogP contribution in [0.4, 0.5) is 0 Å². The lowest BCUT2D eigenvalue weighted by Crippen LogP contribution is -2.31. The van der Waals surface area contributed by atoms with Crippen molar-refractivity contribution in [2.75, 3.05) is 6.61 Å². The summed E-state index contributed by atoms with van der Waals surface area (Å²) in [4.78, 5) is 23.7. The summed E-state index contributed by atoms with van der Waals surface area (Å²) >= 11 is 3.45. The molecule has 0 heterocycles. The molecule has 0 radical (unpaired) electrons. The average Bonchev–Trinajstić information content (AvgIpc) is 2.55. The van der Waals surface area contributed by atoms with E-state index in [1.165, 1.54) is 0 Å². The summed E-state index contributed by atoms with van der Waals surface area (Å²) < 4.78 is 5.97. The molecule has 5 heteroatoms. The number of hydrogen-bond donors (Lipinski definition) is 1. The Morgan fingerprint density at radius 3 is 2.46 bits per heavy atom. The maximum Gasteiger partial charge on any atom is 0.310 e. The Bertz CT molecular complexity index is 713. The monoisotopic (exact) mass is 389 g/mol. The molecule has 0 saturated carbocycles. The van der Waals surface area contributed by atoms with Crippen molar-refractivity contribution in [2.45, 2.75) is 26.3 Å². The van der Waals surface area contributed by atoms with Gasteiger partial charge in [0.15, 0.2) is 6.61 Å². The molecule has 1 atom stereocenters. The fraction of sp³-hybridized carbons (Fsp3) is 0.263. The van der Waals surface area contributed by atoms with E-state index in [-0.39, 0.29) is 25.0 Å². The first-order valence-electron chi connectivity index (χ1n) is 7.70. The number of ether oxygens (including phenoxy) is 1. The van der Waals surface area contributed by atoms with Crippen LogP contribution in [-0.4, -0.2) is 18.5 Å². The number of hydrogen-bond acceptors (Lipinski definition) is 3. The molecule has 2 aromatic carbocycles. The molecule has 0 fully saturated rings. The van der Waals surface area contributed by atoms with E-state index in [4.69, 9.17) is 4.74 Å². The van der Waals surface area contributed by atoms with E-state index in [0.717, 1.165) is 21.2 Å². The Morgan fingerprint density at radius 2 is 1.79 bits per heavy atom. The van der Waals surface area contributed by atoms with Crippen molar-refractivity contribution in [1.29, 1.82) is 0 Å². The minimum absolute atomic E-state index is 0.160. The second kappa shape index (κ2) is 8.64. The standard InChI is InChI=1S/C19H20BrNO3/c1-13-7-9-15(10-8-13)11-19(23)24-12-18(22)21-14(2)16-5-3-4-6-17(16)20/h3-10,14H,11-12H2,1-2H3,(H,21,22)/t14-/m0/s1. The molecule has 126 valence electrons. The van der Waals surface area contributed by atoms with Gasteiger partial charge >= 0.3 is 5.97 Å². The van der Waals surface area contributed by atoms with Crippen LogP contribution in [0.3, 0.4) is 0 Å². The van der Waals surface area contributed by atoms with Crippen LogP contribution in [0.1, 0.15) is 29.7 Å². The molecule has 0 aliphatic rings. The van der Waals surface area contributed by atoms with Crippen LogP contribution >= 0.6 is 15.9 Å². The van der Waals surface area contributed by atoms with E-state index >= 15 is 0 Å². The second-order valence-electron chi connectivity index (χ2n) is 5.63. The van der Waals surface area contributed by atoms with Crippen LogP contribution in [-0.2, 0) is 20.7 Å². The molecule has 2 aromatic rings. The largest absolute Gasteiger partial charge is 0.455 e. The van der Waals surface area contributed by atoms with Gasteiger partial charge in [0.25, 0.3) is 5.91 Å². The summed E-state index contributed by atoms with van der Waals surface area (Å²) in [6.07, 6.45) is 0.160. The predicted molar refractivity (Wildman–Crippen MR) is 96.5 cm³/mol. The third-order valence-corrected chi connectivity index (χ3v) is 4.30. The van der Waals surface area contributed by atoms with Gasteiger partial charge in [-0.3, -0.25) is 9.59 Å². The Kier molecular flexibility index (Phi) is 6.55. The van der Waals surface area contributed by atoms with E-state index in [0.29, 0.717) is 0 Å². The highest BCUT2D eigenvalue weighted by molar-refractivity contribution is 9.10. The Hall–Kier alpha value is -2.14. The minimum Gasteiger partial charge on any atom is -0.455 e. The lowest BCUT2D eigenvalue weighted by molar-refractivity contribution is -0.148. The highest BCUT2D eigenvalue weighted by atomic mass is 79.9. The predicted octanol–water partition coefficient (Wildman–Crippen LogP) is 3.72. The van der Waals surface area contributed by atoms with Gasteiger partial charge in [-0.25, -0.2) is 0 Å². The first-order chi connectivity index (χ1) is 11.5. The molecule has 0 spiro atoms. The fourth-order valence-corrected chi connectivity index (χ4v) is 2.88. The number of rotatable bonds is 6. The van der Waals surface area contributed by atoms with E-state index < -0.39 is 5.97 Å². The van der Waals surface area contributed by atoms with Crippen molar-refractivity contribution < 1.29 is 14.3 Å². The van der Waals surface area contributed by atoms with Gasteiger partial charge in [-0.05, 0) is 31.0 Å². The normalized spacial score (nSPS) is 11.6. The molecule has 1 N–H and O–H groups in total. The zero-order chi connectivity index (χ0) is 17.5. The molecular formula is C19H20BrNO3. The second-order valence-corrected chi connectivity index (χ2v) is 6.49. The van der Waals surface area contributed by atoms with Gasteiger partial charge in [0, 0.05) is 4.47 Å². The van der Waals surface area contributed by atoms with Gasteiger partial charge in [0.1, 0.15) is 0 Å². The Morgan fingerprint density at radius 1 is 1.12 bits per heavy atom. The topological polar surface area (TPSA) is 55.4 Å². The maximum atomic E-state index is 11.9. The number of aryl methyl sites for hydroxylation is 1. The summed E-state index contributed by atoms with van der Waals surface area (Å²) in [7, 11) is 0. The van der Waals surface area contributed by atoms with Crippen LogP contribution in [0, 0.1) is 6.92 Å². The molecule has 0 aromatic heterocycles. The quantitative estimate of drug-likeness (QED) is 0.765. The lowest BCUT2D eigenvalue weighted by Gasteiger charge is -2.15. The number of esters is 1. The van der Waals surface area contributed by atoms with Crippen LogP contribution in [0.2, 0.25) is 0 Å². The Balaban J connectivity index is 1.79. The summed E-state index contributed by atoms with van der Waals surface area (Å²) in [5.41, 5.74) is 2.97. The number of carbonyl (C=O) groups excluding carboxylic acids is 2. The average molecular weight is 390 g/mol. The van der Waals surface area contributed by atoms with Gasteiger partial charge in [0.05, 0.1) is 12.5 Å². The van der Waals surface area contributed by atoms with Crippen molar-refractivity contribution in [3.63, 3.8) is 0 Å². The van der Waals surface area contributed by atoms with Crippen LogP contribution in [0.15, 0.2) is 53.0 Å². The van der Waals surface area contributed by atoms with Crippen LogP contribution in [0.25, 0.3) is 0 Å². The number of halogens is 1. The van der Waals surface area contributed by atoms with Crippen molar-refractivity contribution in [3.8, 4) is 0 Å². The summed E-state index contributed by atoms with van der Waals surface area (Å²) in [5.74, 6) is -0.738. The first kappa shape index (κ1) is 18.2. The molecule has 0 unspecified atom stereocenters. The van der Waals surface area contributed by atoms with E-state index in [2.05, 4.69) is 21.2 Å². The molecule has 2 rings (SSSR count). The van der Waals surface area contributed by atoms with Crippen molar-refractivity contribution in [2.24, 2.45) is 0 Å². The van der Waals surface area contributed by atoms with Gasteiger partial charge in [0.2, 0.25) is 0 Å². The van der Waals surface area contributed by atoms with E-state index in [1.807, 2.05) is 62.4 Å². The molecule has 24 heavy (non-hydrogen) atoms. The van der Waals surface area contributed by atoms with E-state index in [9.17, 15) is 9.59 Å². The van der Waals surface area contributed by atoms with Gasteiger partial charge < -0.3 is 10.1 Å². The molecule has 0 aliphatic heterocycles. The van der Waals surface area contributed by atoms with Crippen LogP contribution < -0.4 is 5.32 Å². The Labute approximate surface area is 150 Å². The first-order valence-corrected chi connectivity index (χ1v) is 8.50. The summed E-state index contributed by atoms with van der Waals surface area (Å²) in [6.45, 7) is 3.59. The minimum atomic E-state index is -0.414. The smallest absolute Gasteiger partial charge is 0.310 e. The lowest BCUT2D eigenvalue weighted by atomic mass is 10.1. The van der Waals surface area contributed by atoms with Crippen LogP contribution in [0.5, 0.6) is 0 Å². The molecule has 0 aliphatic carbocycles. The number of nitrogens with one attached hydrogen (secondary N) is 1. The third kappa shape index (κ3) is 5.49. The van der Waals surface area contributed by atoms with E-state index in [1.54, 1.807) is 0 Å². The van der Waals surface area contributed by atoms with Crippen molar-refractivity contribution in [3.05, 3.63) is 69.7 Å². The fourth-order valence-electron chi connectivity index (χ4n) is 2.26. The molecule has 1 amide bonds. The van der Waals surface area contributed by atoms with Gasteiger partial charge in [-0.15, -0.1) is 0 Å². The van der Waals surface area contributed by atoms with Gasteiger partial charge in [-0.1, -0.05) is 64.0 Å². The highest BCUT2D eigenvalue weighted by Gasteiger charge is 2.14. The van der Waals surface area contributed by atoms with Crippen molar-refractivity contribution in [1.82, 2.24) is 5.32 Å². The number of amides is 1. The molecule has 4 nitrogen and oxygen atoms in total. The summed E-state index contributed by atoms with van der Waals surface area (Å²) in [6, 6.07) is 15.1. The third-order valence-electron chi connectivity index (χ3n) is 3.58. The molecule has 0 saturated heterocycles. The SMILES string of the molecule is Cc1ccc(CC(=O)OCC(=O)N[C@@H](C)c2ccccc2Br)cc1. The zero-order valence-corrected chi connectivity index (χ0v) is 15.3. The maximum absolute atomic E-state index is 11.9. The summed E-state index contributed by atoms with van der Waals surface area (Å²) in [5, 5.41) is 2.82. The van der Waals surface area contributed by atoms with Crippen molar-refractivity contribution >= 4 is 27.8 Å². The highest BCUT2D eigenvalue weighted by Crippen LogP contribution is 2.22. The number of benzene rings is 2. The molecular weight excluding hydrogens is 370 g/mol.